The smallest absolute Gasteiger partial charge is 0.854 e. The van der Waals surface area contributed by atoms with Crippen LogP contribution in [0, 0.1) is 10.8 Å². The molecular weight excluding hydrogens is 404 g/mol. The van der Waals surface area contributed by atoms with Gasteiger partial charge < -0.3 is 20.4 Å². The molecule has 29 heavy (non-hydrogen) atoms. The van der Waals surface area contributed by atoms with Gasteiger partial charge in [-0.05, 0) is 24.3 Å². The van der Waals surface area contributed by atoms with Crippen LogP contribution in [0.2, 0.25) is 0 Å². The number of pyridine rings is 2. The van der Waals surface area contributed by atoms with Gasteiger partial charge in [-0.2, -0.15) is 0 Å². The maximum atomic E-state index is 10.1. The Balaban J connectivity index is -0.000000311. The molecule has 0 amide bonds. The minimum atomic E-state index is -0.221. The van der Waals surface area contributed by atoms with Crippen LogP contribution in [-0.2, 0) is 34.9 Å². The van der Waals surface area contributed by atoms with Crippen molar-refractivity contribution in [3.05, 3.63) is 60.2 Å². The number of rotatable bonds is 2. The molecule has 2 rings (SSSR count). The molecule has 160 valence electrons. The quantitative estimate of drug-likeness (QED) is 0.636. The second kappa shape index (κ2) is 18.9. The molecule has 0 atom stereocenters. The minimum absolute atomic E-state index is 0. The summed E-state index contributed by atoms with van der Waals surface area (Å²) in [7, 11) is 0. The first kappa shape index (κ1) is 32.5. The van der Waals surface area contributed by atoms with Gasteiger partial charge in [0.1, 0.15) is 0 Å². The summed E-state index contributed by atoms with van der Waals surface area (Å²) in [6.07, 6.45) is 3.24. The van der Waals surface area contributed by atoms with Crippen LogP contribution < -0.4 is 20.4 Å². The van der Waals surface area contributed by atoms with E-state index < -0.39 is 0 Å². The molecule has 7 heteroatoms. The minimum Gasteiger partial charge on any atom is -0.854 e. The Bertz CT molecular complexity index is 517. The van der Waals surface area contributed by atoms with Gasteiger partial charge in [-0.3, -0.25) is 9.97 Å². The Labute approximate surface area is 191 Å². The summed E-state index contributed by atoms with van der Waals surface area (Å²) in [6, 6.07) is 10.6. The van der Waals surface area contributed by atoms with Crippen LogP contribution in [0.3, 0.4) is 0 Å². The standard InChI is InChI=1S/2C6H6NO.2C5H11O.Ti/c2*8-5-6-3-1-2-4-7-6;2*1-5(2,3)4-6;/h2*1-4H,5H2;2*4H2,1-3H3;/q4*-1;+4. The van der Waals surface area contributed by atoms with Crippen molar-refractivity contribution in [2.24, 2.45) is 10.8 Å². The fourth-order valence-electron chi connectivity index (χ4n) is 0.967. The normalized spacial score (nSPS) is 10.0. The first-order chi connectivity index (χ1) is 13.0. The number of aromatic nitrogens is 2. The summed E-state index contributed by atoms with van der Waals surface area (Å²) in [6.45, 7) is 11.2. The third kappa shape index (κ3) is 26.9. The Hall–Kier alpha value is -1.15. The molecule has 0 N–H and O–H groups in total. The van der Waals surface area contributed by atoms with E-state index in [1.165, 1.54) is 0 Å². The summed E-state index contributed by atoms with van der Waals surface area (Å²) in [5, 5.41) is 40.0. The van der Waals surface area contributed by atoms with E-state index in [4.69, 9.17) is 0 Å². The first-order valence-electron chi connectivity index (χ1n) is 9.11. The first-order valence-corrected chi connectivity index (χ1v) is 9.11. The maximum absolute atomic E-state index is 10.1. The third-order valence-electron chi connectivity index (χ3n) is 2.61. The van der Waals surface area contributed by atoms with Crippen LogP contribution >= 0.6 is 0 Å². The van der Waals surface area contributed by atoms with Crippen LogP contribution in [0.15, 0.2) is 48.8 Å². The van der Waals surface area contributed by atoms with Crippen molar-refractivity contribution in [1.82, 2.24) is 9.97 Å². The van der Waals surface area contributed by atoms with E-state index in [1.54, 1.807) is 48.8 Å². The van der Waals surface area contributed by atoms with E-state index in [9.17, 15) is 20.4 Å². The third-order valence-corrected chi connectivity index (χ3v) is 2.61. The van der Waals surface area contributed by atoms with E-state index in [0.717, 1.165) is 0 Å². The van der Waals surface area contributed by atoms with Crippen molar-refractivity contribution in [2.75, 3.05) is 13.2 Å². The van der Waals surface area contributed by atoms with Gasteiger partial charge in [0.2, 0.25) is 0 Å². The molecule has 0 aliphatic heterocycles. The van der Waals surface area contributed by atoms with Crippen LogP contribution in [0.1, 0.15) is 52.9 Å². The number of nitrogens with zero attached hydrogens (tertiary/aromatic N) is 2. The molecule has 0 fully saturated rings. The molecule has 0 radical (unpaired) electrons. The van der Waals surface area contributed by atoms with E-state index >= 15 is 0 Å². The summed E-state index contributed by atoms with van der Waals surface area (Å²) in [5.74, 6) is 0. The Morgan fingerprint density at radius 3 is 1.00 bits per heavy atom. The molecule has 0 aromatic carbocycles. The molecule has 0 aliphatic carbocycles. The van der Waals surface area contributed by atoms with Crippen molar-refractivity contribution in [3.8, 4) is 0 Å². The fraction of sp³-hybridized carbons (Fsp3) is 0.545. The summed E-state index contributed by atoms with van der Waals surface area (Å²) in [5.41, 5.74) is 1.18. The zero-order chi connectivity index (χ0) is 22.1. The number of hydrogen-bond acceptors (Lipinski definition) is 6. The van der Waals surface area contributed by atoms with Crippen molar-refractivity contribution >= 4 is 0 Å². The van der Waals surface area contributed by atoms with Crippen molar-refractivity contribution < 1.29 is 42.1 Å². The predicted octanol–water partition coefficient (Wildman–Crippen LogP) is 0.667. The average Bonchev–Trinajstić information content (AvgIpc) is 2.69. The maximum Gasteiger partial charge on any atom is 4.00 e. The van der Waals surface area contributed by atoms with E-state index in [2.05, 4.69) is 9.97 Å². The van der Waals surface area contributed by atoms with E-state index in [0.29, 0.717) is 11.4 Å². The van der Waals surface area contributed by atoms with Gasteiger partial charge in [-0.15, -0.1) is 13.2 Å². The molecule has 0 saturated heterocycles. The van der Waals surface area contributed by atoms with Gasteiger partial charge >= 0.3 is 21.7 Å². The largest absolute Gasteiger partial charge is 4.00 e. The second-order valence-corrected chi connectivity index (χ2v) is 8.34. The van der Waals surface area contributed by atoms with Crippen LogP contribution in [-0.4, -0.2) is 23.2 Å². The Kier molecular flexibility index (Phi) is 21.1. The molecule has 0 saturated carbocycles. The monoisotopic (exact) mass is 438 g/mol. The van der Waals surface area contributed by atoms with Gasteiger partial charge in [0, 0.05) is 23.8 Å². The van der Waals surface area contributed by atoms with Crippen molar-refractivity contribution in [1.29, 1.82) is 0 Å². The van der Waals surface area contributed by atoms with Crippen LogP contribution in [0.4, 0.5) is 0 Å². The zero-order valence-electron chi connectivity index (χ0n) is 18.5. The van der Waals surface area contributed by atoms with Gasteiger partial charge in [0.05, 0.1) is 0 Å². The molecular formula is C22H34N2O4Ti. The van der Waals surface area contributed by atoms with E-state index in [1.807, 2.05) is 41.5 Å². The topological polar surface area (TPSA) is 118 Å². The molecule has 0 spiro atoms. The molecule has 0 unspecified atom stereocenters. The van der Waals surface area contributed by atoms with Gasteiger partial charge in [-0.1, -0.05) is 77.7 Å². The second-order valence-electron chi connectivity index (χ2n) is 8.34. The molecule has 0 aliphatic rings. The summed E-state index contributed by atoms with van der Waals surface area (Å²) < 4.78 is 0. The van der Waals surface area contributed by atoms with Crippen LogP contribution in [0.5, 0.6) is 0 Å². The van der Waals surface area contributed by atoms with Gasteiger partial charge in [0.25, 0.3) is 0 Å². The average molecular weight is 438 g/mol. The molecule has 2 aromatic rings. The molecule has 6 nitrogen and oxygen atoms in total. The van der Waals surface area contributed by atoms with E-state index in [-0.39, 0.29) is 59.0 Å². The molecule has 0 bridgehead atoms. The van der Waals surface area contributed by atoms with Gasteiger partial charge in [0.15, 0.2) is 0 Å². The van der Waals surface area contributed by atoms with Gasteiger partial charge in [-0.25, -0.2) is 0 Å². The number of hydrogen-bond donors (Lipinski definition) is 0. The van der Waals surface area contributed by atoms with Crippen molar-refractivity contribution in [3.63, 3.8) is 0 Å². The summed E-state index contributed by atoms with van der Waals surface area (Å²) >= 11 is 0. The summed E-state index contributed by atoms with van der Waals surface area (Å²) in [4.78, 5) is 7.57. The SMILES string of the molecule is CC(C)(C)C[O-].CC(C)(C)C[O-].[O-]Cc1ccccn1.[O-]Cc1ccccn1.[Ti+4]. The predicted molar refractivity (Wildman–Crippen MR) is 105 cm³/mol. The zero-order valence-corrected chi connectivity index (χ0v) is 20.0. The fourth-order valence-corrected chi connectivity index (χ4v) is 0.967. The van der Waals surface area contributed by atoms with Crippen LogP contribution in [0.25, 0.3) is 0 Å². The molecule has 2 aromatic heterocycles. The van der Waals surface area contributed by atoms with Crippen molar-refractivity contribution in [2.45, 2.75) is 54.8 Å². The Morgan fingerprint density at radius 2 is 0.897 bits per heavy atom. The molecule has 2 heterocycles. The Morgan fingerprint density at radius 1 is 0.621 bits per heavy atom.